The molecule has 0 radical (unpaired) electrons. The summed E-state index contributed by atoms with van der Waals surface area (Å²) >= 11 is 0. The van der Waals surface area contributed by atoms with Crippen LogP contribution in [0, 0.1) is 6.92 Å². The molecule has 0 unspecified atom stereocenters. The molecule has 2 N–H and O–H groups in total. The molecule has 7 heteroatoms. The molecule has 118 valence electrons. The van der Waals surface area contributed by atoms with Crippen LogP contribution >= 0.6 is 0 Å². The van der Waals surface area contributed by atoms with Gasteiger partial charge in [0.25, 0.3) is 0 Å². The van der Waals surface area contributed by atoms with Gasteiger partial charge in [-0.05, 0) is 40.5 Å². The van der Waals surface area contributed by atoms with Crippen LogP contribution in [0.1, 0.15) is 45.1 Å². The van der Waals surface area contributed by atoms with Crippen LogP contribution in [0.15, 0.2) is 10.6 Å². The van der Waals surface area contributed by atoms with E-state index in [-0.39, 0.29) is 6.42 Å². The van der Waals surface area contributed by atoms with E-state index in [9.17, 15) is 9.59 Å². The van der Waals surface area contributed by atoms with Crippen molar-refractivity contribution in [1.29, 1.82) is 0 Å². The van der Waals surface area contributed by atoms with Crippen molar-refractivity contribution >= 4 is 12.1 Å². The largest absolute Gasteiger partial charge is 0.480 e. The van der Waals surface area contributed by atoms with Crippen molar-refractivity contribution in [3.8, 4) is 0 Å². The van der Waals surface area contributed by atoms with Crippen molar-refractivity contribution in [2.24, 2.45) is 0 Å². The lowest BCUT2D eigenvalue weighted by Gasteiger charge is -2.21. The maximum Gasteiger partial charge on any atom is 0.408 e. The highest BCUT2D eigenvalue weighted by Crippen LogP contribution is 2.10. The van der Waals surface area contributed by atoms with Gasteiger partial charge in [-0.2, -0.15) is 0 Å². The molecule has 1 heterocycles. The van der Waals surface area contributed by atoms with E-state index in [1.807, 2.05) is 6.92 Å². The van der Waals surface area contributed by atoms with Gasteiger partial charge < -0.3 is 19.7 Å². The topological polar surface area (TPSA) is 102 Å². The minimum absolute atomic E-state index is 0.286. The molecule has 1 atom stereocenters. The predicted molar refractivity (Wildman–Crippen MR) is 75.0 cm³/mol. The summed E-state index contributed by atoms with van der Waals surface area (Å²) in [6.45, 7) is 6.97. The third kappa shape index (κ3) is 6.78. The zero-order chi connectivity index (χ0) is 16.0. The van der Waals surface area contributed by atoms with E-state index < -0.39 is 23.7 Å². The van der Waals surface area contributed by atoms with Crippen molar-refractivity contribution in [1.82, 2.24) is 10.5 Å². The molecule has 0 aliphatic heterocycles. The number of amides is 1. The van der Waals surface area contributed by atoms with E-state index in [4.69, 9.17) is 14.4 Å². The number of alkyl carbamates (subject to hydrolysis) is 1. The van der Waals surface area contributed by atoms with Crippen molar-refractivity contribution in [2.75, 3.05) is 0 Å². The van der Waals surface area contributed by atoms with Crippen LogP contribution in [0.3, 0.4) is 0 Å². The Morgan fingerprint density at radius 2 is 2.14 bits per heavy atom. The number of aromatic nitrogens is 1. The lowest BCUT2D eigenvalue weighted by molar-refractivity contribution is -0.139. The summed E-state index contributed by atoms with van der Waals surface area (Å²) in [5.74, 6) is -0.386. The monoisotopic (exact) mass is 298 g/mol. The minimum atomic E-state index is -1.09. The summed E-state index contributed by atoms with van der Waals surface area (Å²) < 4.78 is 10.1. The summed E-state index contributed by atoms with van der Waals surface area (Å²) in [6.07, 6.45) is 0.682. The lowest BCUT2D eigenvalue weighted by atomic mass is 10.1. The highest BCUT2D eigenvalue weighted by molar-refractivity contribution is 5.79. The van der Waals surface area contributed by atoms with E-state index in [1.54, 1.807) is 26.8 Å². The van der Waals surface area contributed by atoms with Crippen LogP contribution in [0.5, 0.6) is 0 Å². The fraction of sp³-hybridized carbons (Fsp3) is 0.643. The van der Waals surface area contributed by atoms with Crippen LogP contribution < -0.4 is 5.32 Å². The lowest BCUT2D eigenvalue weighted by Crippen LogP contribution is -2.43. The van der Waals surface area contributed by atoms with E-state index in [2.05, 4.69) is 10.5 Å². The third-order valence-electron chi connectivity index (χ3n) is 2.58. The van der Waals surface area contributed by atoms with Gasteiger partial charge in [0.2, 0.25) is 0 Å². The van der Waals surface area contributed by atoms with Gasteiger partial charge in [0.1, 0.15) is 17.4 Å². The van der Waals surface area contributed by atoms with E-state index >= 15 is 0 Å². The molecule has 0 aliphatic rings. The molecule has 0 aromatic carbocycles. The first-order valence-electron chi connectivity index (χ1n) is 6.82. The predicted octanol–water partition coefficient (Wildman–Crippen LogP) is 2.28. The number of hydrogen-bond donors (Lipinski definition) is 2. The number of ether oxygens (including phenoxy) is 1. The van der Waals surface area contributed by atoms with Crippen molar-refractivity contribution in [3.05, 3.63) is 17.5 Å². The SMILES string of the molecule is Cc1cc(CCC[C@@H](NC(=O)OC(C)(C)C)C(=O)O)on1. The number of aryl methyl sites for hydroxylation is 2. The van der Waals surface area contributed by atoms with Crippen molar-refractivity contribution < 1.29 is 24.0 Å². The van der Waals surface area contributed by atoms with Gasteiger partial charge in [-0.3, -0.25) is 0 Å². The highest BCUT2D eigenvalue weighted by atomic mass is 16.6. The Morgan fingerprint density at radius 3 is 2.62 bits per heavy atom. The van der Waals surface area contributed by atoms with Crippen LogP contribution in [0.25, 0.3) is 0 Å². The van der Waals surface area contributed by atoms with Gasteiger partial charge in [0, 0.05) is 12.5 Å². The summed E-state index contributed by atoms with van der Waals surface area (Å²) in [5.41, 5.74) is 0.122. The molecule has 0 saturated heterocycles. The number of hydrogen-bond acceptors (Lipinski definition) is 5. The summed E-state index contributed by atoms with van der Waals surface area (Å²) in [6, 6.07) is 0.820. The molecule has 1 amide bonds. The number of nitrogens with zero attached hydrogens (tertiary/aromatic N) is 1. The van der Waals surface area contributed by atoms with E-state index in [0.717, 1.165) is 5.69 Å². The van der Waals surface area contributed by atoms with Crippen molar-refractivity contribution in [3.63, 3.8) is 0 Å². The number of aliphatic carboxylic acids is 1. The first kappa shape index (κ1) is 17.0. The van der Waals surface area contributed by atoms with Crippen LogP contribution in [0.2, 0.25) is 0 Å². The van der Waals surface area contributed by atoms with Gasteiger partial charge in [0.05, 0.1) is 5.69 Å². The molecule has 0 bridgehead atoms. The Bertz CT molecular complexity index is 490. The van der Waals surface area contributed by atoms with Gasteiger partial charge in [0.15, 0.2) is 0 Å². The summed E-state index contributed by atoms with van der Waals surface area (Å²) in [7, 11) is 0. The Kier molecular flexibility index (Phi) is 5.75. The van der Waals surface area contributed by atoms with Crippen molar-refractivity contribution in [2.45, 2.75) is 58.6 Å². The number of rotatable bonds is 6. The number of carboxylic acids is 1. The molecule has 1 aromatic heterocycles. The summed E-state index contributed by atoms with van der Waals surface area (Å²) in [5, 5.41) is 15.2. The first-order chi connectivity index (χ1) is 9.67. The van der Waals surface area contributed by atoms with Crippen LogP contribution in [-0.4, -0.2) is 34.0 Å². The Balaban J connectivity index is 2.43. The molecule has 0 saturated carbocycles. The maximum atomic E-state index is 11.6. The average Bonchev–Trinajstić information content (AvgIpc) is 2.71. The first-order valence-corrected chi connectivity index (χ1v) is 6.82. The number of carbonyl (C=O) groups is 2. The maximum absolute atomic E-state index is 11.6. The second-order valence-corrected chi connectivity index (χ2v) is 5.86. The zero-order valence-electron chi connectivity index (χ0n) is 12.8. The Labute approximate surface area is 123 Å². The second kappa shape index (κ2) is 7.10. The van der Waals surface area contributed by atoms with Crippen LogP contribution in [-0.2, 0) is 16.0 Å². The van der Waals surface area contributed by atoms with Crippen LogP contribution in [0.4, 0.5) is 4.79 Å². The van der Waals surface area contributed by atoms with Gasteiger partial charge in [-0.1, -0.05) is 5.16 Å². The smallest absolute Gasteiger partial charge is 0.408 e. The fourth-order valence-corrected chi connectivity index (χ4v) is 1.72. The molecule has 1 rings (SSSR count). The third-order valence-corrected chi connectivity index (χ3v) is 2.58. The summed E-state index contributed by atoms with van der Waals surface area (Å²) in [4.78, 5) is 22.7. The van der Waals surface area contributed by atoms with E-state index in [1.165, 1.54) is 0 Å². The molecule has 21 heavy (non-hydrogen) atoms. The standard InChI is InChI=1S/C14H22N2O5/c1-9-8-10(21-16-9)6-5-7-11(12(17)18)15-13(19)20-14(2,3)4/h8,11H,5-7H2,1-4H3,(H,15,19)(H,17,18)/t11-/m1/s1. The number of carbonyl (C=O) groups excluding carboxylic acids is 1. The molecule has 0 spiro atoms. The number of carboxylic acid groups (broad SMARTS) is 1. The molecule has 7 nitrogen and oxygen atoms in total. The molecule has 1 aromatic rings. The average molecular weight is 298 g/mol. The minimum Gasteiger partial charge on any atom is -0.480 e. The Morgan fingerprint density at radius 1 is 1.48 bits per heavy atom. The second-order valence-electron chi connectivity index (χ2n) is 5.86. The van der Waals surface area contributed by atoms with Gasteiger partial charge >= 0.3 is 12.1 Å². The Hall–Kier alpha value is -2.05. The normalized spacial score (nSPS) is 12.8. The molecular formula is C14H22N2O5. The molecule has 0 aliphatic carbocycles. The number of nitrogens with one attached hydrogen (secondary N) is 1. The quantitative estimate of drug-likeness (QED) is 0.835. The highest BCUT2D eigenvalue weighted by Gasteiger charge is 2.23. The molecule has 0 fully saturated rings. The van der Waals surface area contributed by atoms with Gasteiger partial charge in [-0.15, -0.1) is 0 Å². The molecular weight excluding hydrogens is 276 g/mol. The fourth-order valence-electron chi connectivity index (χ4n) is 1.72. The van der Waals surface area contributed by atoms with Gasteiger partial charge in [-0.25, -0.2) is 9.59 Å². The zero-order valence-corrected chi connectivity index (χ0v) is 12.8. The van der Waals surface area contributed by atoms with E-state index in [0.29, 0.717) is 18.6 Å².